The fourth-order valence-electron chi connectivity index (χ4n) is 4.95. The largest absolute Gasteiger partial charge is 0.461 e. The lowest BCUT2D eigenvalue weighted by atomic mass is 9.46. The molecule has 1 fully saturated rings. The molecule has 1 aliphatic rings. The fourth-order valence-corrected chi connectivity index (χ4v) is 4.95. The van der Waals surface area contributed by atoms with E-state index in [0.717, 1.165) is 0 Å². The highest BCUT2D eigenvalue weighted by Gasteiger charge is 2.67. The molecular weight excluding hydrogens is 280 g/mol. The van der Waals surface area contributed by atoms with E-state index in [1.807, 2.05) is 55.4 Å². The van der Waals surface area contributed by atoms with E-state index in [1.165, 1.54) is 0 Å². The number of ether oxygens (including phenoxy) is 1. The number of carbonyl (C=O) groups is 1. The average molecular weight is 314 g/mol. The van der Waals surface area contributed by atoms with Gasteiger partial charge in [0.2, 0.25) is 0 Å². The molecule has 0 amide bonds. The molecule has 1 saturated carbocycles. The number of esters is 1. The molecule has 1 rings (SSSR count). The monoisotopic (exact) mass is 314 g/mol. The molecule has 4 heteroatoms. The number of rotatable bonds is 2. The molecule has 4 nitrogen and oxygen atoms in total. The summed E-state index contributed by atoms with van der Waals surface area (Å²) in [6, 6.07) is 0. The maximum atomic E-state index is 11.9. The van der Waals surface area contributed by atoms with Crippen molar-refractivity contribution < 1.29 is 19.7 Å². The Labute approximate surface area is 135 Å². The molecule has 3 unspecified atom stereocenters. The van der Waals surface area contributed by atoms with Crippen LogP contribution in [0, 0.1) is 28.1 Å². The van der Waals surface area contributed by atoms with Crippen LogP contribution >= 0.6 is 0 Å². The van der Waals surface area contributed by atoms with E-state index in [0.29, 0.717) is 6.42 Å². The van der Waals surface area contributed by atoms with Gasteiger partial charge in [0.05, 0.1) is 0 Å². The van der Waals surface area contributed by atoms with E-state index in [-0.39, 0.29) is 17.5 Å². The van der Waals surface area contributed by atoms with Gasteiger partial charge < -0.3 is 14.9 Å². The number of carbonyl (C=O) groups excluding carboxylic acids is 1. The normalized spacial score (nSPS) is 33.3. The highest BCUT2D eigenvalue weighted by atomic mass is 16.5. The molecule has 0 aromatic heterocycles. The Morgan fingerprint density at radius 2 is 1.55 bits per heavy atom. The topological polar surface area (TPSA) is 66.8 Å². The lowest BCUT2D eigenvalue weighted by Crippen LogP contribution is -2.69. The van der Waals surface area contributed by atoms with Crippen molar-refractivity contribution in [2.24, 2.45) is 28.1 Å². The van der Waals surface area contributed by atoms with Gasteiger partial charge in [0.25, 0.3) is 0 Å². The number of hydrogen-bond donors (Lipinski definition) is 2. The van der Waals surface area contributed by atoms with Crippen LogP contribution in [-0.2, 0) is 9.53 Å². The molecule has 130 valence electrons. The third-order valence-corrected chi connectivity index (χ3v) is 5.68. The van der Waals surface area contributed by atoms with E-state index in [1.54, 1.807) is 6.92 Å². The molecule has 3 atom stereocenters. The summed E-state index contributed by atoms with van der Waals surface area (Å²) in [5, 5.41) is 21.9. The van der Waals surface area contributed by atoms with Gasteiger partial charge in [-0.25, -0.2) is 0 Å². The molecule has 2 N–H and O–H groups in total. The summed E-state index contributed by atoms with van der Waals surface area (Å²) in [6.07, 6.45) is -0.0558. The highest BCUT2D eigenvalue weighted by molar-refractivity contribution is 5.69. The average Bonchev–Trinajstić information content (AvgIpc) is 2.29. The first kappa shape index (κ1) is 19.4. The van der Waals surface area contributed by atoms with Crippen molar-refractivity contribution in [2.45, 2.75) is 80.6 Å². The Morgan fingerprint density at radius 1 is 1.09 bits per heavy atom. The lowest BCUT2D eigenvalue weighted by Gasteiger charge is -2.63. The molecule has 0 radical (unpaired) electrons. The zero-order valence-electron chi connectivity index (χ0n) is 15.7. The van der Waals surface area contributed by atoms with Gasteiger partial charge in [-0.15, -0.1) is 0 Å². The lowest BCUT2D eigenvalue weighted by molar-refractivity contribution is -0.346. The Balaban J connectivity index is 3.47. The van der Waals surface area contributed by atoms with Gasteiger partial charge in [-0.1, -0.05) is 62.3 Å². The van der Waals surface area contributed by atoms with Crippen LogP contribution in [0.1, 0.15) is 68.7 Å². The number of hydrogen-bond acceptors (Lipinski definition) is 4. The van der Waals surface area contributed by atoms with Gasteiger partial charge >= 0.3 is 5.97 Å². The maximum Gasteiger partial charge on any atom is 0.305 e. The first-order chi connectivity index (χ1) is 9.61. The first-order valence-electron chi connectivity index (χ1n) is 8.25. The standard InChI is InChI=1S/C18H34O4/c1-10-12(19)22-14-16(6,7)11(2)18(20,21)13(15(3,4)5)17(14,8)9/h11,13-14,20-21H,10H2,1-9H3. The van der Waals surface area contributed by atoms with Crippen molar-refractivity contribution in [2.75, 3.05) is 0 Å². The minimum atomic E-state index is -1.82. The second-order valence-corrected chi connectivity index (χ2v) is 9.17. The van der Waals surface area contributed by atoms with Crippen LogP contribution in [0.2, 0.25) is 0 Å². The molecule has 0 aliphatic heterocycles. The Bertz CT molecular complexity index is 429. The summed E-state index contributed by atoms with van der Waals surface area (Å²) in [5.41, 5.74) is -1.45. The molecule has 0 aromatic carbocycles. The summed E-state index contributed by atoms with van der Waals surface area (Å²) < 4.78 is 5.80. The minimum Gasteiger partial charge on any atom is -0.461 e. The molecule has 0 heterocycles. The summed E-state index contributed by atoms with van der Waals surface area (Å²) in [4.78, 5) is 11.9. The molecule has 22 heavy (non-hydrogen) atoms. The minimum absolute atomic E-state index is 0.241. The van der Waals surface area contributed by atoms with Gasteiger partial charge in [0.15, 0.2) is 5.79 Å². The Kier molecular flexibility index (Phi) is 4.84. The van der Waals surface area contributed by atoms with Crippen LogP contribution in [0.4, 0.5) is 0 Å². The fraction of sp³-hybridized carbons (Fsp3) is 0.944. The van der Waals surface area contributed by atoms with Crippen molar-refractivity contribution in [1.82, 2.24) is 0 Å². The van der Waals surface area contributed by atoms with Crippen molar-refractivity contribution in [3.63, 3.8) is 0 Å². The van der Waals surface area contributed by atoms with E-state index in [9.17, 15) is 15.0 Å². The van der Waals surface area contributed by atoms with Crippen LogP contribution in [0.3, 0.4) is 0 Å². The smallest absolute Gasteiger partial charge is 0.305 e. The van der Waals surface area contributed by atoms with E-state index in [2.05, 4.69) is 0 Å². The second-order valence-electron chi connectivity index (χ2n) is 9.17. The van der Waals surface area contributed by atoms with Crippen molar-refractivity contribution in [1.29, 1.82) is 0 Å². The molecule has 0 saturated heterocycles. The van der Waals surface area contributed by atoms with Gasteiger partial charge in [0, 0.05) is 29.1 Å². The third kappa shape index (κ3) is 2.92. The van der Waals surface area contributed by atoms with Crippen molar-refractivity contribution >= 4 is 5.97 Å². The molecule has 0 bridgehead atoms. The highest BCUT2D eigenvalue weighted by Crippen LogP contribution is 2.61. The number of aliphatic hydroxyl groups is 2. The summed E-state index contributed by atoms with van der Waals surface area (Å²) in [6.45, 7) is 17.5. The van der Waals surface area contributed by atoms with Gasteiger partial charge in [-0.05, 0) is 5.41 Å². The Hall–Kier alpha value is -0.610. The summed E-state index contributed by atoms with van der Waals surface area (Å²) in [7, 11) is 0. The first-order valence-corrected chi connectivity index (χ1v) is 8.25. The van der Waals surface area contributed by atoms with Crippen LogP contribution < -0.4 is 0 Å². The summed E-state index contributed by atoms with van der Waals surface area (Å²) in [5.74, 6) is -2.91. The predicted octanol–water partition coefficient (Wildman–Crippen LogP) is 3.35. The van der Waals surface area contributed by atoms with Crippen LogP contribution in [0.15, 0.2) is 0 Å². The Morgan fingerprint density at radius 3 is 1.91 bits per heavy atom. The van der Waals surface area contributed by atoms with Crippen LogP contribution in [0.5, 0.6) is 0 Å². The zero-order chi connectivity index (χ0) is 17.7. The van der Waals surface area contributed by atoms with Crippen molar-refractivity contribution in [3.05, 3.63) is 0 Å². The third-order valence-electron chi connectivity index (χ3n) is 5.68. The van der Waals surface area contributed by atoms with Gasteiger partial charge in [-0.3, -0.25) is 4.79 Å². The predicted molar refractivity (Wildman–Crippen MR) is 87.0 cm³/mol. The zero-order valence-corrected chi connectivity index (χ0v) is 15.7. The molecule has 0 aromatic rings. The van der Waals surface area contributed by atoms with E-state index < -0.39 is 28.5 Å². The quantitative estimate of drug-likeness (QED) is 0.606. The van der Waals surface area contributed by atoms with E-state index in [4.69, 9.17) is 4.74 Å². The SMILES string of the molecule is CCC(=O)OC1C(C)(C)C(C)C(O)(O)C(C(C)(C)C)C1(C)C. The van der Waals surface area contributed by atoms with Crippen molar-refractivity contribution in [3.8, 4) is 0 Å². The molecular formula is C18H34O4. The maximum absolute atomic E-state index is 11.9. The van der Waals surface area contributed by atoms with E-state index >= 15 is 0 Å². The molecule has 0 spiro atoms. The molecule has 1 aliphatic carbocycles. The van der Waals surface area contributed by atoms with Crippen LogP contribution in [-0.4, -0.2) is 28.1 Å². The second kappa shape index (κ2) is 5.48. The summed E-state index contributed by atoms with van der Waals surface area (Å²) >= 11 is 0. The van der Waals surface area contributed by atoms with Gasteiger partial charge in [0.1, 0.15) is 6.10 Å². The van der Waals surface area contributed by atoms with Gasteiger partial charge in [-0.2, -0.15) is 0 Å². The van der Waals surface area contributed by atoms with Crippen LogP contribution in [0.25, 0.3) is 0 Å².